The van der Waals surface area contributed by atoms with E-state index in [2.05, 4.69) is 40.7 Å². The van der Waals surface area contributed by atoms with E-state index in [0.29, 0.717) is 23.4 Å². The third kappa shape index (κ3) is 6.01. The van der Waals surface area contributed by atoms with E-state index in [0.717, 1.165) is 49.4 Å². The van der Waals surface area contributed by atoms with Crippen LogP contribution in [0.5, 0.6) is 0 Å². The molecule has 0 unspecified atom stereocenters. The molecule has 206 valence electrons. The second-order valence-corrected chi connectivity index (χ2v) is 13.9. The Morgan fingerprint density at radius 2 is 1.78 bits per heavy atom. The molecule has 4 aliphatic rings. The summed E-state index contributed by atoms with van der Waals surface area (Å²) < 4.78 is 11.1. The maximum absolute atomic E-state index is 12.2. The van der Waals surface area contributed by atoms with Crippen molar-refractivity contribution in [2.75, 3.05) is 6.61 Å². The zero-order valence-electron chi connectivity index (χ0n) is 24.3. The summed E-state index contributed by atoms with van der Waals surface area (Å²) in [7, 11) is 0. The smallest absolute Gasteiger partial charge is 0.434 e. The molecule has 3 saturated carbocycles. The van der Waals surface area contributed by atoms with Crippen LogP contribution in [0.2, 0.25) is 0 Å². The van der Waals surface area contributed by atoms with Gasteiger partial charge in [0.1, 0.15) is 6.10 Å². The Labute approximate surface area is 222 Å². The van der Waals surface area contributed by atoms with E-state index in [1.165, 1.54) is 77.0 Å². The zero-order chi connectivity index (χ0) is 25.8. The molecular weight excluding hydrogens is 444 g/mol. The van der Waals surface area contributed by atoms with Gasteiger partial charge in [-0.2, -0.15) is 0 Å². The summed E-state index contributed by atoms with van der Waals surface area (Å²) in [6, 6.07) is 0. The molecule has 0 aromatic heterocycles. The minimum absolute atomic E-state index is 0.00512. The van der Waals surface area contributed by atoms with Gasteiger partial charge in [-0.3, -0.25) is 0 Å². The van der Waals surface area contributed by atoms with Crippen molar-refractivity contribution < 1.29 is 14.3 Å². The third-order valence-electron chi connectivity index (χ3n) is 11.3. The summed E-state index contributed by atoms with van der Waals surface area (Å²) >= 11 is 0. The van der Waals surface area contributed by atoms with E-state index in [1.54, 1.807) is 5.57 Å². The molecule has 0 amide bonds. The number of fused-ring (bicyclic) bond motifs is 5. The van der Waals surface area contributed by atoms with Crippen LogP contribution in [0.1, 0.15) is 137 Å². The lowest BCUT2D eigenvalue weighted by atomic mass is 9.47. The maximum atomic E-state index is 12.2. The Morgan fingerprint density at radius 3 is 2.56 bits per heavy atom. The number of unbranched alkanes of at least 4 members (excludes halogenated alkanes) is 5. The Morgan fingerprint density at radius 1 is 1.00 bits per heavy atom. The van der Waals surface area contributed by atoms with Gasteiger partial charge in [-0.1, -0.05) is 84.8 Å². The zero-order valence-corrected chi connectivity index (χ0v) is 24.3. The second-order valence-electron chi connectivity index (χ2n) is 13.9. The van der Waals surface area contributed by atoms with Gasteiger partial charge < -0.3 is 9.47 Å². The number of hydrogen-bond donors (Lipinski definition) is 0. The SMILES string of the molecule is CCCCCCCC[C@@H]1CC[C@@H]2[C@@H]3CC=C4C[C@@H](OC(=O)OCCC(C)C)CC[C@]4(C)[C@H]3CC[C@]12C. The molecule has 36 heavy (non-hydrogen) atoms. The molecule has 0 saturated heterocycles. The molecule has 0 aliphatic heterocycles. The van der Waals surface area contributed by atoms with E-state index >= 15 is 0 Å². The van der Waals surface area contributed by atoms with Crippen LogP contribution in [-0.4, -0.2) is 18.9 Å². The number of carbonyl (C=O) groups is 1. The summed E-state index contributed by atoms with van der Waals surface area (Å²) in [6.07, 6.45) is 23.1. The summed E-state index contributed by atoms with van der Waals surface area (Å²) in [4.78, 5) is 12.2. The first-order valence-electron chi connectivity index (χ1n) is 15.8. The van der Waals surface area contributed by atoms with E-state index in [-0.39, 0.29) is 6.10 Å². The average molecular weight is 501 g/mol. The quantitative estimate of drug-likeness (QED) is 0.161. The van der Waals surface area contributed by atoms with Crippen molar-refractivity contribution in [1.29, 1.82) is 0 Å². The number of carbonyl (C=O) groups excluding carboxylic acids is 1. The Bertz CT molecular complexity index is 756. The van der Waals surface area contributed by atoms with Crippen LogP contribution >= 0.6 is 0 Å². The van der Waals surface area contributed by atoms with Crippen LogP contribution in [0.25, 0.3) is 0 Å². The van der Waals surface area contributed by atoms with Crippen molar-refractivity contribution in [3.63, 3.8) is 0 Å². The molecule has 4 rings (SSSR count). The lowest BCUT2D eigenvalue weighted by molar-refractivity contribution is -0.0564. The summed E-state index contributed by atoms with van der Waals surface area (Å²) in [5, 5.41) is 0. The topological polar surface area (TPSA) is 35.5 Å². The minimum atomic E-state index is -0.464. The van der Waals surface area contributed by atoms with Crippen LogP contribution in [0.15, 0.2) is 11.6 Å². The van der Waals surface area contributed by atoms with Crippen molar-refractivity contribution in [3.8, 4) is 0 Å². The van der Waals surface area contributed by atoms with E-state index < -0.39 is 6.16 Å². The molecule has 3 fully saturated rings. The van der Waals surface area contributed by atoms with Gasteiger partial charge in [-0.15, -0.1) is 0 Å². The van der Waals surface area contributed by atoms with Gasteiger partial charge in [0, 0.05) is 6.42 Å². The summed E-state index contributed by atoms with van der Waals surface area (Å²) in [5.41, 5.74) is 2.47. The lowest BCUT2D eigenvalue weighted by Gasteiger charge is -2.58. The van der Waals surface area contributed by atoms with Crippen molar-refractivity contribution in [2.45, 2.75) is 143 Å². The molecule has 0 N–H and O–H groups in total. The Balaban J connectivity index is 1.32. The van der Waals surface area contributed by atoms with Crippen LogP contribution < -0.4 is 0 Å². The minimum Gasteiger partial charge on any atom is -0.434 e. The predicted molar refractivity (Wildman–Crippen MR) is 149 cm³/mol. The molecule has 3 heteroatoms. The molecule has 0 spiro atoms. The van der Waals surface area contributed by atoms with Crippen LogP contribution in [-0.2, 0) is 9.47 Å². The van der Waals surface area contributed by atoms with Crippen LogP contribution in [0.4, 0.5) is 4.79 Å². The van der Waals surface area contributed by atoms with Gasteiger partial charge >= 0.3 is 6.16 Å². The second kappa shape index (κ2) is 12.2. The number of ether oxygens (including phenoxy) is 2. The molecule has 0 bridgehead atoms. The fraction of sp³-hybridized carbons (Fsp3) is 0.909. The third-order valence-corrected chi connectivity index (χ3v) is 11.3. The van der Waals surface area contributed by atoms with Crippen LogP contribution in [0.3, 0.4) is 0 Å². The van der Waals surface area contributed by atoms with Gasteiger partial charge in [-0.05, 0) is 98.2 Å². The largest absolute Gasteiger partial charge is 0.508 e. The fourth-order valence-corrected chi connectivity index (χ4v) is 9.03. The summed E-state index contributed by atoms with van der Waals surface area (Å²) in [6.45, 7) is 12.3. The first-order chi connectivity index (χ1) is 17.3. The number of hydrogen-bond acceptors (Lipinski definition) is 3. The summed E-state index contributed by atoms with van der Waals surface area (Å²) in [5.74, 6) is 4.10. The lowest BCUT2D eigenvalue weighted by Crippen LogP contribution is -2.50. The molecular formula is C33H56O3. The number of allylic oxidation sites excluding steroid dienone is 1. The Kier molecular flexibility index (Phi) is 9.54. The highest BCUT2D eigenvalue weighted by molar-refractivity contribution is 5.60. The van der Waals surface area contributed by atoms with Crippen LogP contribution in [0, 0.1) is 40.4 Å². The van der Waals surface area contributed by atoms with Crippen molar-refractivity contribution in [3.05, 3.63) is 11.6 Å². The van der Waals surface area contributed by atoms with Crippen molar-refractivity contribution in [1.82, 2.24) is 0 Å². The van der Waals surface area contributed by atoms with Gasteiger partial charge in [-0.25, -0.2) is 4.79 Å². The molecule has 0 radical (unpaired) electrons. The Hall–Kier alpha value is -0.990. The van der Waals surface area contributed by atoms with Gasteiger partial charge in [0.25, 0.3) is 0 Å². The normalized spacial score (nSPS) is 37.6. The van der Waals surface area contributed by atoms with Crippen molar-refractivity contribution >= 4 is 6.16 Å². The standard InChI is InChI=1S/C33H56O3/c1-6-7-8-9-10-11-12-25-14-16-29-28-15-13-26-23-27(36-31(34)35-22-19-24(2)3)17-20-33(26,5)30(28)18-21-32(25,29)4/h13,24-25,27-30H,6-12,14-23H2,1-5H3/t25-,27+,28+,29-,30+,32-,33+/m1/s1. The van der Waals surface area contributed by atoms with Gasteiger partial charge in [0.15, 0.2) is 0 Å². The van der Waals surface area contributed by atoms with Gasteiger partial charge in [0.2, 0.25) is 0 Å². The molecule has 0 aromatic rings. The molecule has 3 nitrogen and oxygen atoms in total. The van der Waals surface area contributed by atoms with E-state index in [1.807, 2.05) is 0 Å². The molecule has 0 aromatic carbocycles. The number of rotatable bonds is 11. The highest BCUT2D eigenvalue weighted by Gasteiger charge is 2.58. The molecule has 7 atom stereocenters. The van der Waals surface area contributed by atoms with Gasteiger partial charge in [0.05, 0.1) is 6.61 Å². The first-order valence-corrected chi connectivity index (χ1v) is 15.8. The highest BCUT2D eigenvalue weighted by atomic mass is 16.7. The first kappa shape index (κ1) is 28.0. The van der Waals surface area contributed by atoms with E-state index in [4.69, 9.17) is 9.47 Å². The molecule has 4 aliphatic carbocycles. The fourth-order valence-electron chi connectivity index (χ4n) is 9.03. The van der Waals surface area contributed by atoms with E-state index in [9.17, 15) is 4.79 Å². The highest BCUT2D eigenvalue weighted by Crippen LogP contribution is 2.66. The predicted octanol–water partition coefficient (Wildman–Crippen LogP) is 9.88. The average Bonchev–Trinajstić information content (AvgIpc) is 3.17. The van der Waals surface area contributed by atoms with Crippen molar-refractivity contribution in [2.24, 2.45) is 40.4 Å². The monoisotopic (exact) mass is 500 g/mol. The molecule has 0 heterocycles. The maximum Gasteiger partial charge on any atom is 0.508 e.